The Morgan fingerprint density at radius 1 is 1.21 bits per heavy atom. The molecule has 2 N–H and O–H groups in total. The highest BCUT2D eigenvalue weighted by atomic mass is 32.2. The van der Waals surface area contributed by atoms with E-state index in [1.807, 2.05) is 6.92 Å². The molecule has 0 radical (unpaired) electrons. The number of hydrogen-bond donors (Lipinski definition) is 2. The molecule has 5 heteroatoms. The zero-order chi connectivity index (χ0) is 14.6. The van der Waals surface area contributed by atoms with E-state index in [2.05, 4.69) is 18.6 Å². The van der Waals surface area contributed by atoms with E-state index in [1.54, 1.807) is 19.1 Å². The monoisotopic (exact) mass is 285 g/mol. The highest BCUT2D eigenvalue weighted by molar-refractivity contribution is 7.89. The van der Waals surface area contributed by atoms with Gasteiger partial charge < -0.3 is 5.11 Å². The highest BCUT2D eigenvalue weighted by Crippen LogP contribution is 2.18. The Labute approximate surface area is 115 Å². The number of benzene rings is 1. The number of hydrogen-bond acceptors (Lipinski definition) is 3. The summed E-state index contributed by atoms with van der Waals surface area (Å²) in [5.41, 5.74) is 0.597. The summed E-state index contributed by atoms with van der Waals surface area (Å²) in [5.74, 6) is 0.432. The molecule has 0 aliphatic carbocycles. The fraction of sp³-hybridized carbons (Fsp3) is 0.571. The molecular formula is C14H23NO3S. The topological polar surface area (TPSA) is 66.4 Å². The molecule has 0 bridgehead atoms. The molecule has 2 atom stereocenters. The summed E-state index contributed by atoms with van der Waals surface area (Å²) in [5, 5.41) is 9.50. The van der Waals surface area contributed by atoms with Gasteiger partial charge in [0.25, 0.3) is 0 Å². The van der Waals surface area contributed by atoms with Crippen LogP contribution < -0.4 is 4.72 Å². The van der Waals surface area contributed by atoms with E-state index >= 15 is 0 Å². The van der Waals surface area contributed by atoms with Crippen molar-refractivity contribution in [2.45, 2.75) is 51.2 Å². The second-order valence-corrected chi connectivity index (χ2v) is 7.11. The molecule has 1 rings (SSSR count). The molecule has 0 amide bonds. The van der Waals surface area contributed by atoms with Crippen molar-refractivity contribution in [2.75, 3.05) is 0 Å². The summed E-state index contributed by atoms with van der Waals surface area (Å²) in [4.78, 5) is 0.196. The minimum Gasteiger partial charge on any atom is -0.389 e. The van der Waals surface area contributed by atoms with Crippen molar-refractivity contribution in [1.82, 2.24) is 4.72 Å². The molecule has 0 spiro atoms. The molecular weight excluding hydrogens is 262 g/mol. The summed E-state index contributed by atoms with van der Waals surface area (Å²) in [6.45, 7) is 7.58. The van der Waals surface area contributed by atoms with Crippen molar-refractivity contribution >= 4 is 10.0 Å². The summed E-state index contributed by atoms with van der Waals surface area (Å²) in [7, 11) is -3.52. The van der Waals surface area contributed by atoms with Crippen molar-refractivity contribution < 1.29 is 13.5 Å². The zero-order valence-electron chi connectivity index (χ0n) is 11.9. The molecule has 0 aliphatic rings. The van der Waals surface area contributed by atoms with E-state index in [0.717, 1.165) is 6.42 Å². The number of nitrogens with one attached hydrogen (secondary N) is 1. The molecule has 0 saturated carbocycles. The minimum atomic E-state index is -3.52. The van der Waals surface area contributed by atoms with Gasteiger partial charge in [-0.2, -0.15) is 0 Å². The first-order chi connectivity index (χ1) is 8.72. The lowest BCUT2D eigenvalue weighted by molar-refractivity contribution is 0.199. The minimum absolute atomic E-state index is 0.111. The summed E-state index contributed by atoms with van der Waals surface area (Å²) < 4.78 is 27.1. The van der Waals surface area contributed by atoms with E-state index in [1.165, 1.54) is 12.1 Å². The molecule has 0 aliphatic heterocycles. The third-order valence-electron chi connectivity index (χ3n) is 2.83. The van der Waals surface area contributed by atoms with Crippen molar-refractivity contribution in [3.05, 3.63) is 29.8 Å². The Hall–Kier alpha value is -0.910. The lowest BCUT2D eigenvalue weighted by Crippen LogP contribution is -2.33. The lowest BCUT2D eigenvalue weighted by atomic mass is 10.1. The van der Waals surface area contributed by atoms with E-state index in [0.29, 0.717) is 11.5 Å². The molecule has 0 saturated heterocycles. The number of rotatable bonds is 6. The molecule has 0 heterocycles. The van der Waals surface area contributed by atoms with Crippen molar-refractivity contribution in [3.63, 3.8) is 0 Å². The molecule has 0 aromatic heterocycles. The van der Waals surface area contributed by atoms with Crippen LogP contribution in [0, 0.1) is 5.92 Å². The fourth-order valence-electron chi connectivity index (χ4n) is 2.03. The van der Waals surface area contributed by atoms with Crippen molar-refractivity contribution in [2.24, 2.45) is 5.92 Å². The second-order valence-electron chi connectivity index (χ2n) is 5.40. The SMILES string of the molecule is CC(C)CC(C)NS(=O)(=O)c1cccc(C(C)O)c1. The van der Waals surface area contributed by atoms with Crippen molar-refractivity contribution in [3.8, 4) is 0 Å². The van der Waals surface area contributed by atoms with Gasteiger partial charge >= 0.3 is 0 Å². The van der Waals surface area contributed by atoms with Gasteiger partial charge in [0.15, 0.2) is 0 Å². The highest BCUT2D eigenvalue weighted by Gasteiger charge is 2.18. The van der Waals surface area contributed by atoms with E-state index < -0.39 is 16.1 Å². The molecule has 1 aromatic carbocycles. The molecule has 4 nitrogen and oxygen atoms in total. The maximum atomic E-state index is 12.2. The van der Waals surface area contributed by atoms with Crippen LogP contribution >= 0.6 is 0 Å². The van der Waals surface area contributed by atoms with Crippen LogP contribution in [0.5, 0.6) is 0 Å². The van der Waals surface area contributed by atoms with Gasteiger partial charge in [0.05, 0.1) is 11.0 Å². The lowest BCUT2D eigenvalue weighted by Gasteiger charge is -2.16. The zero-order valence-corrected chi connectivity index (χ0v) is 12.7. The second kappa shape index (κ2) is 6.50. The van der Waals surface area contributed by atoms with E-state index in [4.69, 9.17) is 0 Å². The number of aliphatic hydroxyl groups excluding tert-OH is 1. The number of aliphatic hydroxyl groups is 1. The Balaban J connectivity index is 2.91. The fourth-order valence-corrected chi connectivity index (χ4v) is 3.34. The van der Waals surface area contributed by atoms with Gasteiger partial charge in [0, 0.05) is 6.04 Å². The quantitative estimate of drug-likeness (QED) is 0.843. The van der Waals surface area contributed by atoms with Crippen LogP contribution in [0.15, 0.2) is 29.2 Å². The Kier molecular flexibility index (Phi) is 5.52. The molecule has 1 aromatic rings. The van der Waals surface area contributed by atoms with Crippen LogP contribution in [0.25, 0.3) is 0 Å². The van der Waals surface area contributed by atoms with Crippen LogP contribution in [-0.2, 0) is 10.0 Å². The first-order valence-corrected chi connectivity index (χ1v) is 8.01. The van der Waals surface area contributed by atoms with E-state index in [-0.39, 0.29) is 10.9 Å². The number of sulfonamides is 1. The van der Waals surface area contributed by atoms with Gasteiger partial charge in [-0.15, -0.1) is 0 Å². The predicted octanol–water partition coefficient (Wildman–Crippen LogP) is 2.45. The third-order valence-corrected chi connectivity index (χ3v) is 4.42. The normalized spacial score (nSPS) is 15.5. The van der Waals surface area contributed by atoms with E-state index in [9.17, 15) is 13.5 Å². The van der Waals surface area contributed by atoms with Crippen LogP contribution in [-0.4, -0.2) is 19.6 Å². The van der Waals surface area contributed by atoms with Gasteiger partial charge in [-0.3, -0.25) is 0 Å². The first kappa shape index (κ1) is 16.1. The van der Waals surface area contributed by atoms with Gasteiger partial charge in [-0.25, -0.2) is 13.1 Å². The van der Waals surface area contributed by atoms with Gasteiger partial charge in [0.1, 0.15) is 0 Å². The van der Waals surface area contributed by atoms with Crippen LogP contribution in [0.1, 0.15) is 45.8 Å². The van der Waals surface area contributed by atoms with Gasteiger partial charge in [0.2, 0.25) is 10.0 Å². The summed E-state index contributed by atoms with van der Waals surface area (Å²) in [6, 6.07) is 6.29. The Bertz CT molecular complexity index is 509. The van der Waals surface area contributed by atoms with Crippen LogP contribution in [0.3, 0.4) is 0 Å². The maximum Gasteiger partial charge on any atom is 0.240 e. The van der Waals surface area contributed by atoms with Gasteiger partial charge in [-0.1, -0.05) is 26.0 Å². The average molecular weight is 285 g/mol. The van der Waals surface area contributed by atoms with Crippen molar-refractivity contribution in [1.29, 1.82) is 0 Å². The standard InChI is InChI=1S/C14H23NO3S/c1-10(2)8-11(3)15-19(17,18)14-7-5-6-13(9-14)12(4)16/h5-7,9-12,15-16H,8H2,1-4H3. The third kappa shape index (κ3) is 4.93. The summed E-state index contributed by atoms with van der Waals surface area (Å²) >= 11 is 0. The largest absolute Gasteiger partial charge is 0.389 e. The maximum absolute atomic E-state index is 12.2. The average Bonchev–Trinajstić information content (AvgIpc) is 2.27. The predicted molar refractivity (Wildman–Crippen MR) is 76.3 cm³/mol. The molecule has 19 heavy (non-hydrogen) atoms. The molecule has 0 fully saturated rings. The van der Waals surface area contributed by atoms with Crippen LogP contribution in [0.4, 0.5) is 0 Å². The van der Waals surface area contributed by atoms with Gasteiger partial charge in [-0.05, 0) is 43.9 Å². The molecule has 108 valence electrons. The smallest absolute Gasteiger partial charge is 0.240 e. The Morgan fingerprint density at radius 2 is 1.84 bits per heavy atom. The molecule has 2 unspecified atom stereocenters. The summed E-state index contributed by atoms with van der Waals surface area (Å²) in [6.07, 6.45) is 0.109. The van der Waals surface area contributed by atoms with Crippen LogP contribution in [0.2, 0.25) is 0 Å². The first-order valence-electron chi connectivity index (χ1n) is 6.52. The Morgan fingerprint density at radius 3 is 2.37 bits per heavy atom.